The Morgan fingerprint density at radius 2 is 2.14 bits per heavy atom. The largest absolute Gasteiger partial charge is 0.478 e. The van der Waals surface area contributed by atoms with Crippen molar-refractivity contribution < 1.29 is 4.74 Å². The second kappa shape index (κ2) is 8.49. The minimum atomic E-state index is 0.469. The number of pyridine rings is 1. The molecule has 0 bridgehead atoms. The Balaban J connectivity index is 1.90. The highest BCUT2D eigenvalue weighted by molar-refractivity contribution is 5.78. The van der Waals surface area contributed by atoms with Crippen molar-refractivity contribution in [2.24, 2.45) is 10.7 Å². The summed E-state index contributed by atoms with van der Waals surface area (Å²) >= 11 is 0. The zero-order valence-corrected chi connectivity index (χ0v) is 12.8. The summed E-state index contributed by atoms with van der Waals surface area (Å²) in [5, 5.41) is 3.35. The lowest BCUT2D eigenvalue weighted by atomic mass is 10.1. The number of hydrogen-bond acceptors (Lipinski definition) is 3. The molecule has 0 aliphatic heterocycles. The van der Waals surface area contributed by atoms with E-state index in [-0.39, 0.29) is 0 Å². The van der Waals surface area contributed by atoms with Crippen LogP contribution in [0.5, 0.6) is 5.88 Å². The smallest absolute Gasteiger partial charge is 0.218 e. The number of guanidine groups is 1. The van der Waals surface area contributed by atoms with Crippen LogP contribution in [0.2, 0.25) is 0 Å². The number of nitrogens with two attached hydrogens (primary N) is 1. The summed E-state index contributed by atoms with van der Waals surface area (Å²) in [5.74, 6) is 1.17. The van der Waals surface area contributed by atoms with E-state index in [1.165, 1.54) is 38.5 Å². The average Bonchev–Trinajstić information content (AvgIpc) is 2.75. The second-order valence-corrected chi connectivity index (χ2v) is 5.43. The van der Waals surface area contributed by atoms with E-state index >= 15 is 0 Å². The lowest BCUT2D eigenvalue weighted by Crippen LogP contribution is -2.39. The van der Waals surface area contributed by atoms with E-state index in [1.807, 2.05) is 19.1 Å². The fourth-order valence-corrected chi connectivity index (χ4v) is 2.66. The molecule has 1 fully saturated rings. The van der Waals surface area contributed by atoms with E-state index in [0.29, 0.717) is 31.0 Å². The van der Waals surface area contributed by atoms with Gasteiger partial charge in [0.15, 0.2) is 5.96 Å². The van der Waals surface area contributed by atoms with Gasteiger partial charge in [-0.1, -0.05) is 31.7 Å². The minimum Gasteiger partial charge on any atom is -0.478 e. The van der Waals surface area contributed by atoms with Gasteiger partial charge in [-0.05, 0) is 25.8 Å². The zero-order chi connectivity index (χ0) is 14.9. The van der Waals surface area contributed by atoms with Crippen molar-refractivity contribution in [2.75, 3.05) is 6.61 Å². The molecule has 1 aliphatic carbocycles. The lowest BCUT2D eigenvalue weighted by molar-refractivity contribution is 0.323. The molecule has 0 amide bonds. The molecule has 2 rings (SSSR count). The summed E-state index contributed by atoms with van der Waals surface area (Å²) in [6, 6.07) is 4.33. The van der Waals surface area contributed by atoms with Crippen LogP contribution in [0, 0.1) is 0 Å². The van der Waals surface area contributed by atoms with E-state index < -0.39 is 0 Å². The average molecular weight is 290 g/mol. The molecule has 1 aromatic heterocycles. The summed E-state index contributed by atoms with van der Waals surface area (Å²) in [6.07, 6.45) is 9.33. The fraction of sp³-hybridized carbons (Fsp3) is 0.625. The van der Waals surface area contributed by atoms with Crippen molar-refractivity contribution in [3.8, 4) is 5.88 Å². The predicted molar refractivity (Wildman–Crippen MR) is 85.4 cm³/mol. The highest BCUT2D eigenvalue weighted by atomic mass is 16.5. The van der Waals surface area contributed by atoms with E-state index in [1.54, 1.807) is 6.20 Å². The Kier molecular flexibility index (Phi) is 6.31. The first kappa shape index (κ1) is 15.6. The number of aromatic nitrogens is 1. The predicted octanol–water partition coefficient (Wildman–Crippen LogP) is 2.61. The van der Waals surface area contributed by atoms with Crippen molar-refractivity contribution in [1.82, 2.24) is 10.3 Å². The molecule has 0 atom stereocenters. The highest BCUT2D eigenvalue weighted by Crippen LogP contribution is 2.17. The van der Waals surface area contributed by atoms with Crippen LogP contribution in [0.3, 0.4) is 0 Å². The molecule has 0 radical (unpaired) electrons. The molecule has 0 saturated heterocycles. The van der Waals surface area contributed by atoms with Gasteiger partial charge in [0.25, 0.3) is 0 Å². The molecular weight excluding hydrogens is 264 g/mol. The van der Waals surface area contributed by atoms with Crippen LogP contribution < -0.4 is 15.8 Å². The van der Waals surface area contributed by atoms with Gasteiger partial charge in [0, 0.05) is 17.8 Å². The van der Waals surface area contributed by atoms with Crippen molar-refractivity contribution in [2.45, 2.75) is 58.0 Å². The van der Waals surface area contributed by atoms with Gasteiger partial charge >= 0.3 is 0 Å². The topological polar surface area (TPSA) is 72.5 Å². The van der Waals surface area contributed by atoms with Crippen LogP contribution in [0.15, 0.2) is 23.3 Å². The van der Waals surface area contributed by atoms with Crippen molar-refractivity contribution in [3.63, 3.8) is 0 Å². The molecule has 116 valence electrons. The third kappa shape index (κ3) is 5.25. The molecule has 0 aromatic carbocycles. The van der Waals surface area contributed by atoms with E-state index in [4.69, 9.17) is 10.5 Å². The van der Waals surface area contributed by atoms with Gasteiger partial charge in [-0.25, -0.2) is 9.98 Å². The maximum atomic E-state index is 6.01. The van der Waals surface area contributed by atoms with Crippen LogP contribution in [-0.2, 0) is 6.54 Å². The normalized spacial score (nSPS) is 17.3. The summed E-state index contributed by atoms with van der Waals surface area (Å²) in [5.41, 5.74) is 6.97. The van der Waals surface area contributed by atoms with Gasteiger partial charge in [-0.15, -0.1) is 0 Å². The second-order valence-electron chi connectivity index (χ2n) is 5.43. The monoisotopic (exact) mass is 290 g/mol. The molecule has 1 aliphatic rings. The quantitative estimate of drug-likeness (QED) is 0.497. The van der Waals surface area contributed by atoms with Crippen molar-refractivity contribution in [1.29, 1.82) is 0 Å². The summed E-state index contributed by atoms with van der Waals surface area (Å²) in [6.45, 7) is 3.04. The van der Waals surface area contributed by atoms with Crippen LogP contribution in [0.4, 0.5) is 0 Å². The van der Waals surface area contributed by atoms with E-state index in [2.05, 4.69) is 15.3 Å². The molecule has 1 saturated carbocycles. The first-order valence-electron chi connectivity index (χ1n) is 7.92. The highest BCUT2D eigenvalue weighted by Gasteiger charge is 2.12. The number of hydrogen-bond donors (Lipinski definition) is 2. The number of aliphatic imine (C=N–C) groups is 1. The maximum absolute atomic E-state index is 6.01. The Bertz CT molecular complexity index is 453. The third-order valence-corrected chi connectivity index (χ3v) is 3.76. The van der Waals surface area contributed by atoms with E-state index in [9.17, 15) is 0 Å². The standard InChI is InChI=1S/C16H26N4O/c1-2-21-15-13(8-7-11-18-15)12-19-16(17)20-14-9-5-3-4-6-10-14/h7-8,11,14H,2-6,9-10,12H2,1H3,(H3,17,19,20). The van der Waals surface area contributed by atoms with E-state index in [0.717, 1.165) is 5.56 Å². The molecule has 3 N–H and O–H groups in total. The Morgan fingerprint density at radius 3 is 2.86 bits per heavy atom. The van der Waals surface area contributed by atoms with Gasteiger partial charge in [-0.3, -0.25) is 0 Å². The maximum Gasteiger partial charge on any atom is 0.218 e. The van der Waals surface area contributed by atoms with Crippen molar-refractivity contribution in [3.05, 3.63) is 23.9 Å². The Hall–Kier alpha value is -1.78. The fourth-order valence-electron chi connectivity index (χ4n) is 2.66. The van der Waals surface area contributed by atoms with Gasteiger partial charge in [0.1, 0.15) is 0 Å². The van der Waals surface area contributed by atoms with Crippen molar-refractivity contribution >= 4 is 5.96 Å². The molecular formula is C16H26N4O. The van der Waals surface area contributed by atoms with Crippen LogP contribution >= 0.6 is 0 Å². The zero-order valence-electron chi connectivity index (χ0n) is 12.8. The SMILES string of the molecule is CCOc1ncccc1CN=C(N)NC1CCCCCC1. The molecule has 5 heteroatoms. The van der Waals surface area contributed by atoms with Gasteiger partial charge in [0.2, 0.25) is 5.88 Å². The number of rotatable bonds is 5. The number of ether oxygens (including phenoxy) is 1. The molecule has 21 heavy (non-hydrogen) atoms. The summed E-state index contributed by atoms with van der Waals surface area (Å²) in [7, 11) is 0. The van der Waals surface area contributed by atoms with Crippen LogP contribution in [0.25, 0.3) is 0 Å². The van der Waals surface area contributed by atoms with Crippen LogP contribution in [0.1, 0.15) is 51.0 Å². The molecule has 1 heterocycles. The summed E-state index contributed by atoms with van der Waals surface area (Å²) in [4.78, 5) is 8.65. The molecule has 0 spiro atoms. The van der Waals surface area contributed by atoms with Gasteiger partial charge < -0.3 is 15.8 Å². The number of nitrogens with one attached hydrogen (secondary N) is 1. The third-order valence-electron chi connectivity index (χ3n) is 3.76. The molecule has 5 nitrogen and oxygen atoms in total. The molecule has 0 unspecified atom stereocenters. The Morgan fingerprint density at radius 1 is 1.38 bits per heavy atom. The molecule has 1 aromatic rings. The van der Waals surface area contributed by atoms with Gasteiger partial charge in [0.05, 0.1) is 13.2 Å². The van der Waals surface area contributed by atoms with Gasteiger partial charge in [-0.2, -0.15) is 0 Å². The first-order chi connectivity index (χ1) is 10.3. The Labute approximate surface area is 127 Å². The minimum absolute atomic E-state index is 0.469. The number of nitrogens with zero attached hydrogens (tertiary/aromatic N) is 2. The summed E-state index contributed by atoms with van der Waals surface area (Å²) < 4.78 is 5.49. The first-order valence-corrected chi connectivity index (χ1v) is 7.92. The lowest BCUT2D eigenvalue weighted by Gasteiger charge is -2.16. The van der Waals surface area contributed by atoms with Crippen LogP contribution in [-0.4, -0.2) is 23.6 Å².